The lowest BCUT2D eigenvalue weighted by molar-refractivity contribution is 0.112. The number of thiophene rings is 1. The Labute approximate surface area is 93.3 Å². The van der Waals surface area contributed by atoms with E-state index < -0.39 is 0 Å². The zero-order valence-corrected chi connectivity index (χ0v) is 9.56. The van der Waals surface area contributed by atoms with Gasteiger partial charge in [-0.05, 0) is 17.5 Å². The number of hydrogen-bond donors (Lipinski definition) is 1. The Kier molecular flexibility index (Phi) is 2.67. The number of carbonyl (C=O) groups is 1. The average Bonchev–Trinajstić information content (AvgIpc) is 2.66. The Morgan fingerprint density at radius 1 is 1.57 bits per heavy atom. The predicted octanol–water partition coefficient (Wildman–Crippen LogP) is 2.97. The number of carbonyl (C=O) groups excluding carboxylic acids is 1. The molecule has 4 heteroatoms. The molecule has 2 aromatic rings. The Morgan fingerprint density at radius 3 is 3.00 bits per heavy atom. The molecule has 0 fully saturated rings. The number of aliphatic hydroxyl groups excluding tert-OH is 1. The molecule has 2 nitrogen and oxygen atoms in total. The van der Waals surface area contributed by atoms with E-state index in [1.54, 1.807) is 6.07 Å². The first-order chi connectivity index (χ1) is 6.77. The molecule has 0 aliphatic rings. The van der Waals surface area contributed by atoms with Crippen LogP contribution in [0.2, 0.25) is 0 Å². The average molecular weight is 271 g/mol. The molecule has 1 N–H and O–H groups in total. The molecule has 72 valence electrons. The third kappa shape index (κ3) is 1.39. The van der Waals surface area contributed by atoms with E-state index in [0.29, 0.717) is 11.1 Å². The van der Waals surface area contributed by atoms with Crippen molar-refractivity contribution in [3.8, 4) is 0 Å². The molecule has 1 heterocycles. The van der Waals surface area contributed by atoms with Crippen LogP contribution in [0, 0.1) is 0 Å². The monoisotopic (exact) mass is 270 g/mol. The fraction of sp³-hybridized carbons (Fsp3) is 0.100. The van der Waals surface area contributed by atoms with Crippen molar-refractivity contribution in [1.82, 2.24) is 0 Å². The highest BCUT2D eigenvalue weighted by molar-refractivity contribution is 9.10. The zero-order chi connectivity index (χ0) is 10.1. The van der Waals surface area contributed by atoms with Gasteiger partial charge in [-0.15, -0.1) is 11.3 Å². The topological polar surface area (TPSA) is 37.3 Å². The molecule has 0 aliphatic carbocycles. The van der Waals surface area contributed by atoms with Gasteiger partial charge in [-0.3, -0.25) is 4.79 Å². The quantitative estimate of drug-likeness (QED) is 0.852. The molecule has 0 unspecified atom stereocenters. The maximum absolute atomic E-state index is 10.8. The summed E-state index contributed by atoms with van der Waals surface area (Å²) in [6.07, 6.45) is 0.773. The largest absolute Gasteiger partial charge is 0.392 e. The van der Waals surface area contributed by atoms with Crippen LogP contribution in [0.25, 0.3) is 10.1 Å². The van der Waals surface area contributed by atoms with Gasteiger partial charge < -0.3 is 5.11 Å². The minimum absolute atomic E-state index is 0.0988. The molecule has 14 heavy (non-hydrogen) atoms. The van der Waals surface area contributed by atoms with Crippen LogP contribution in [0.3, 0.4) is 0 Å². The first-order valence-corrected chi connectivity index (χ1v) is 5.69. The zero-order valence-electron chi connectivity index (χ0n) is 7.16. The fourth-order valence-electron chi connectivity index (χ4n) is 1.43. The number of halogens is 1. The number of fused-ring (bicyclic) bond motifs is 1. The van der Waals surface area contributed by atoms with E-state index in [-0.39, 0.29) is 6.61 Å². The molecule has 0 radical (unpaired) electrons. The second kappa shape index (κ2) is 3.81. The SMILES string of the molecule is O=Cc1cc(Br)c2ccsc2c1CO. The van der Waals surface area contributed by atoms with E-state index in [1.165, 1.54) is 11.3 Å². The van der Waals surface area contributed by atoms with Crippen molar-refractivity contribution in [3.05, 3.63) is 33.1 Å². The van der Waals surface area contributed by atoms with Gasteiger partial charge in [-0.2, -0.15) is 0 Å². The Balaban J connectivity index is 2.88. The van der Waals surface area contributed by atoms with Crippen molar-refractivity contribution in [2.45, 2.75) is 6.61 Å². The van der Waals surface area contributed by atoms with Crippen LogP contribution in [-0.4, -0.2) is 11.4 Å². The first-order valence-electron chi connectivity index (χ1n) is 4.02. The highest BCUT2D eigenvalue weighted by Crippen LogP contribution is 2.33. The summed E-state index contributed by atoms with van der Waals surface area (Å²) in [5, 5.41) is 12.2. The number of rotatable bonds is 2. The van der Waals surface area contributed by atoms with E-state index >= 15 is 0 Å². The highest BCUT2D eigenvalue weighted by atomic mass is 79.9. The number of aliphatic hydroxyl groups is 1. The second-order valence-electron chi connectivity index (χ2n) is 2.87. The van der Waals surface area contributed by atoms with Crippen LogP contribution in [0.4, 0.5) is 0 Å². The molecule has 0 amide bonds. The second-order valence-corrected chi connectivity index (χ2v) is 4.64. The summed E-state index contributed by atoms with van der Waals surface area (Å²) in [7, 11) is 0. The van der Waals surface area contributed by atoms with Gasteiger partial charge in [-0.1, -0.05) is 15.9 Å². The van der Waals surface area contributed by atoms with Gasteiger partial charge in [-0.25, -0.2) is 0 Å². The van der Waals surface area contributed by atoms with E-state index in [2.05, 4.69) is 15.9 Å². The molecule has 0 saturated carbocycles. The van der Waals surface area contributed by atoms with E-state index in [4.69, 9.17) is 0 Å². The summed E-state index contributed by atoms with van der Waals surface area (Å²) in [5.74, 6) is 0. The van der Waals surface area contributed by atoms with Gasteiger partial charge in [0.15, 0.2) is 6.29 Å². The Bertz CT molecular complexity index is 490. The smallest absolute Gasteiger partial charge is 0.150 e. The lowest BCUT2D eigenvalue weighted by Crippen LogP contribution is -1.92. The van der Waals surface area contributed by atoms with Crippen molar-refractivity contribution in [1.29, 1.82) is 0 Å². The van der Waals surface area contributed by atoms with Crippen molar-refractivity contribution in [2.75, 3.05) is 0 Å². The van der Waals surface area contributed by atoms with Gasteiger partial charge in [0.05, 0.1) is 6.61 Å². The van der Waals surface area contributed by atoms with Crippen LogP contribution >= 0.6 is 27.3 Å². The number of aldehydes is 1. The van der Waals surface area contributed by atoms with Gasteiger partial charge >= 0.3 is 0 Å². The maximum atomic E-state index is 10.8. The molecule has 0 spiro atoms. The molecular formula is C10H7BrO2S. The molecule has 1 aromatic heterocycles. The van der Waals surface area contributed by atoms with Crippen LogP contribution in [0.15, 0.2) is 22.0 Å². The molecular weight excluding hydrogens is 264 g/mol. The van der Waals surface area contributed by atoms with E-state index in [0.717, 1.165) is 20.8 Å². The lowest BCUT2D eigenvalue weighted by Gasteiger charge is -2.04. The van der Waals surface area contributed by atoms with Gasteiger partial charge in [0.25, 0.3) is 0 Å². The van der Waals surface area contributed by atoms with Crippen molar-refractivity contribution in [2.24, 2.45) is 0 Å². The predicted molar refractivity (Wildman–Crippen MR) is 60.8 cm³/mol. The summed E-state index contributed by atoms with van der Waals surface area (Å²) in [4.78, 5) is 10.8. The fourth-order valence-corrected chi connectivity index (χ4v) is 3.11. The summed E-state index contributed by atoms with van der Waals surface area (Å²) in [6, 6.07) is 3.71. The first kappa shape index (κ1) is 9.83. The Morgan fingerprint density at radius 2 is 2.36 bits per heavy atom. The van der Waals surface area contributed by atoms with Crippen LogP contribution < -0.4 is 0 Å². The molecule has 0 saturated heterocycles. The van der Waals surface area contributed by atoms with Crippen molar-refractivity contribution in [3.63, 3.8) is 0 Å². The molecule has 0 bridgehead atoms. The lowest BCUT2D eigenvalue weighted by atomic mass is 10.1. The maximum Gasteiger partial charge on any atom is 0.150 e. The third-order valence-corrected chi connectivity index (χ3v) is 3.74. The summed E-state index contributed by atoms with van der Waals surface area (Å²) >= 11 is 4.93. The standard InChI is InChI=1S/C10H7BrO2S/c11-9-3-6(4-12)8(5-13)10-7(9)1-2-14-10/h1-4,13H,5H2. The number of hydrogen-bond acceptors (Lipinski definition) is 3. The normalized spacial score (nSPS) is 10.7. The van der Waals surface area contributed by atoms with E-state index in [1.807, 2.05) is 11.4 Å². The summed E-state index contributed by atoms with van der Waals surface area (Å²) in [6.45, 7) is -0.0988. The van der Waals surface area contributed by atoms with Crippen LogP contribution in [0.5, 0.6) is 0 Å². The molecule has 0 atom stereocenters. The molecule has 1 aromatic carbocycles. The summed E-state index contributed by atoms with van der Waals surface area (Å²) < 4.78 is 1.87. The third-order valence-electron chi connectivity index (χ3n) is 2.11. The molecule has 2 rings (SSSR count). The minimum atomic E-state index is -0.0988. The van der Waals surface area contributed by atoms with E-state index in [9.17, 15) is 9.90 Å². The Hall–Kier alpha value is -0.710. The van der Waals surface area contributed by atoms with Gasteiger partial charge in [0.2, 0.25) is 0 Å². The van der Waals surface area contributed by atoms with Crippen LogP contribution in [-0.2, 0) is 6.61 Å². The van der Waals surface area contributed by atoms with Gasteiger partial charge in [0, 0.05) is 25.7 Å². The van der Waals surface area contributed by atoms with Crippen LogP contribution in [0.1, 0.15) is 15.9 Å². The molecule has 0 aliphatic heterocycles. The van der Waals surface area contributed by atoms with Gasteiger partial charge in [0.1, 0.15) is 0 Å². The summed E-state index contributed by atoms with van der Waals surface area (Å²) in [5.41, 5.74) is 1.27. The number of benzene rings is 1. The van der Waals surface area contributed by atoms with Crippen molar-refractivity contribution < 1.29 is 9.90 Å². The highest BCUT2D eigenvalue weighted by Gasteiger charge is 2.10. The van der Waals surface area contributed by atoms with Crippen molar-refractivity contribution >= 4 is 43.6 Å². The minimum Gasteiger partial charge on any atom is -0.392 e.